The molecule has 2 aromatic carbocycles. The van der Waals surface area contributed by atoms with E-state index in [0.717, 1.165) is 16.3 Å². The van der Waals surface area contributed by atoms with E-state index >= 15 is 0 Å². The average Bonchev–Trinajstić information content (AvgIpc) is 2.26. The van der Waals surface area contributed by atoms with Crippen molar-refractivity contribution in [3.05, 3.63) is 54.1 Å². The summed E-state index contributed by atoms with van der Waals surface area (Å²) in [6.07, 6.45) is 3.12. The second-order valence-corrected chi connectivity index (χ2v) is 3.30. The Morgan fingerprint density at radius 2 is 1.80 bits per heavy atom. The van der Waals surface area contributed by atoms with Crippen LogP contribution in [0.4, 0.5) is 0 Å². The lowest BCUT2D eigenvalue weighted by Gasteiger charge is -2.00. The lowest BCUT2D eigenvalue weighted by Crippen LogP contribution is -2.05. The fraction of sp³-hybridized carbons (Fsp3) is 0. The van der Waals surface area contributed by atoms with Crippen molar-refractivity contribution in [2.45, 2.75) is 0 Å². The summed E-state index contributed by atoms with van der Waals surface area (Å²) in [6.45, 7) is 0. The molecule has 0 bridgehead atoms. The highest BCUT2D eigenvalue weighted by Gasteiger charge is 1.96. The normalized spacial score (nSPS) is 10.9. The Morgan fingerprint density at radius 3 is 2.60 bits per heavy atom. The van der Waals surface area contributed by atoms with Crippen molar-refractivity contribution in [3.8, 4) is 0 Å². The molecule has 0 spiro atoms. The van der Waals surface area contributed by atoms with E-state index in [4.69, 9.17) is 5.73 Å². The summed E-state index contributed by atoms with van der Waals surface area (Å²) in [7, 11) is 0. The molecule has 2 rings (SSSR count). The third-order valence-electron chi connectivity index (χ3n) is 2.25. The summed E-state index contributed by atoms with van der Waals surface area (Å²) in [5.74, 6) is -0.428. The zero-order valence-corrected chi connectivity index (χ0v) is 8.18. The number of rotatable bonds is 2. The van der Waals surface area contributed by atoms with Gasteiger partial charge in [-0.2, -0.15) is 0 Å². The van der Waals surface area contributed by atoms with E-state index in [9.17, 15) is 4.79 Å². The number of carbonyl (C=O) groups excluding carboxylic acids is 1. The SMILES string of the molecule is NC(=O)/C=C/c1cccc2ccccc12. The minimum atomic E-state index is -0.428. The monoisotopic (exact) mass is 197 g/mol. The number of carbonyl (C=O) groups is 1. The average molecular weight is 197 g/mol. The summed E-state index contributed by atoms with van der Waals surface area (Å²) in [5, 5.41) is 2.28. The van der Waals surface area contributed by atoms with Crippen LogP contribution in [0, 0.1) is 0 Å². The van der Waals surface area contributed by atoms with E-state index in [1.807, 2.05) is 42.5 Å². The third kappa shape index (κ3) is 2.05. The van der Waals surface area contributed by atoms with E-state index in [1.54, 1.807) is 6.08 Å². The van der Waals surface area contributed by atoms with Crippen molar-refractivity contribution in [1.82, 2.24) is 0 Å². The zero-order chi connectivity index (χ0) is 10.7. The molecule has 2 N–H and O–H groups in total. The zero-order valence-electron chi connectivity index (χ0n) is 8.18. The van der Waals surface area contributed by atoms with Crippen LogP contribution in [-0.2, 0) is 4.79 Å². The summed E-state index contributed by atoms with van der Waals surface area (Å²) in [5.41, 5.74) is 6.07. The van der Waals surface area contributed by atoms with Gasteiger partial charge in [0.05, 0.1) is 0 Å². The molecule has 0 fully saturated rings. The van der Waals surface area contributed by atoms with E-state index < -0.39 is 5.91 Å². The number of hydrogen-bond acceptors (Lipinski definition) is 1. The highest BCUT2D eigenvalue weighted by Crippen LogP contribution is 2.19. The molecule has 0 atom stereocenters. The highest BCUT2D eigenvalue weighted by atomic mass is 16.1. The Hall–Kier alpha value is -2.09. The van der Waals surface area contributed by atoms with Gasteiger partial charge < -0.3 is 5.73 Å². The summed E-state index contributed by atoms with van der Waals surface area (Å²) >= 11 is 0. The largest absolute Gasteiger partial charge is 0.366 e. The summed E-state index contributed by atoms with van der Waals surface area (Å²) in [6, 6.07) is 14.0. The number of benzene rings is 2. The van der Waals surface area contributed by atoms with Gasteiger partial charge >= 0.3 is 0 Å². The van der Waals surface area contributed by atoms with Crippen molar-refractivity contribution in [1.29, 1.82) is 0 Å². The number of nitrogens with two attached hydrogens (primary N) is 1. The number of primary amides is 1. The predicted molar refractivity (Wildman–Crippen MR) is 62.2 cm³/mol. The molecule has 0 heterocycles. The minimum absolute atomic E-state index is 0.428. The Morgan fingerprint density at radius 1 is 1.07 bits per heavy atom. The van der Waals surface area contributed by atoms with Gasteiger partial charge in [0.15, 0.2) is 0 Å². The first kappa shape index (κ1) is 9.46. The maximum atomic E-state index is 10.6. The van der Waals surface area contributed by atoms with Gasteiger partial charge in [0.1, 0.15) is 0 Å². The molecule has 0 aromatic heterocycles. The van der Waals surface area contributed by atoms with Crippen molar-refractivity contribution in [3.63, 3.8) is 0 Å². The van der Waals surface area contributed by atoms with E-state index in [-0.39, 0.29) is 0 Å². The van der Waals surface area contributed by atoms with Gasteiger partial charge in [-0.1, -0.05) is 42.5 Å². The van der Waals surface area contributed by atoms with E-state index in [0.29, 0.717) is 0 Å². The molecule has 0 saturated carbocycles. The molecule has 1 amide bonds. The smallest absolute Gasteiger partial charge is 0.241 e. The fourth-order valence-electron chi connectivity index (χ4n) is 1.57. The Labute approximate surface area is 88.0 Å². The van der Waals surface area contributed by atoms with Crippen molar-refractivity contribution < 1.29 is 4.79 Å². The van der Waals surface area contributed by atoms with Gasteiger partial charge in [0, 0.05) is 6.08 Å². The van der Waals surface area contributed by atoms with Gasteiger partial charge in [-0.15, -0.1) is 0 Å². The fourth-order valence-corrected chi connectivity index (χ4v) is 1.57. The number of fused-ring (bicyclic) bond motifs is 1. The molecule has 0 radical (unpaired) electrons. The van der Waals surface area contributed by atoms with Gasteiger partial charge in [-0.25, -0.2) is 0 Å². The Kier molecular flexibility index (Phi) is 2.50. The summed E-state index contributed by atoms with van der Waals surface area (Å²) < 4.78 is 0. The molecule has 0 aliphatic carbocycles. The predicted octanol–water partition coefficient (Wildman–Crippen LogP) is 2.34. The van der Waals surface area contributed by atoms with Crippen molar-refractivity contribution in [2.75, 3.05) is 0 Å². The van der Waals surface area contributed by atoms with Crippen LogP contribution >= 0.6 is 0 Å². The van der Waals surface area contributed by atoms with Gasteiger partial charge in [0.25, 0.3) is 0 Å². The van der Waals surface area contributed by atoms with Crippen LogP contribution in [0.3, 0.4) is 0 Å². The second kappa shape index (κ2) is 3.96. The van der Waals surface area contributed by atoms with Crippen molar-refractivity contribution in [2.24, 2.45) is 5.73 Å². The molecule has 2 aromatic rings. The van der Waals surface area contributed by atoms with Crippen LogP contribution in [0.5, 0.6) is 0 Å². The standard InChI is InChI=1S/C13H11NO/c14-13(15)9-8-11-6-3-5-10-4-1-2-7-12(10)11/h1-9H,(H2,14,15)/b9-8+. The topological polar surface area (TPSA) is 43.1 Å². The third-order valence-corrected chi connectivity index (χ3v) is 2.25. The lowest BCUT2D eigenvalue weighted by molar-refractivity contribution is -0.113. The second-order valence-electron chi connectivity index (χ2n) is 3.30. The van der Waals surface area contributed by atoms with Crippen LogP contribution in [-0.4, -0.2) is 5.91 Å². The van der Waals surface area contributed by atoms with Crippen molar-refractivity contribution >= 4 is 22.8 Å². The molecule has 15 heavy (non-hydrogen) atoms. The van der Waals surface area contributed by atoms with Gasteiger partial charge in [-0.3, -0.25) is 4.79 Å². The Bertz CT molecular complexity index is 524. The molecule has 74 valence electrons. The molecule has 0 saturated heterocycles. The first-order chi connectivity index (χ1) is 7.27. The maximum Gasteiger partial charge on any atom is 0.241 e. The Balaban J connectivity index is 2.56. The highest BCUT2D eigenvalue weighted by molar-refractivity contribution is 5.95. The number of amides is 1. The first-order valence-corrected chi connectivity index (χ1v) is 4.72. The molecule has 0 aliphatic rings. The molecule has 0 aliphatic heterocycles. The van der Waals surface area contributed by atoms with Crippen LogP contribution in [0.15, 0.2) is 48.5 Å². The lowest BCUT2D eigenvalue weighted by atomic mass is 10.0. The molecule has 0 unspecified atom stereocenters. The molecule has 2 heteroatoms. The minimum Gasteiger partial charge on any atom is -0.366 e. The van der Waals surface area contributed by atoms with Gasteiger partial charge in [-0.05, 0) is 22.4 Å². The summed E-state index contributed by atoms with van der Waals surface area (Å²) in [4.78, 5) is 10.6. The van der Waals surface area contributed by atoms with Crippen LogP contribution in [0.1, 0.15) is 5.56 Å². The van der Waals surface area contributed by atoms with Gasteiger partial charge in [0.2, 0.25) is 5.91 Å². The van der Waals surface area contributed by atoms with Crippen LogP contribution in [0.25, 0.3) is 16.8 Å². The first-order valence-electron chi connectivity index (χ1n) is 4.72. The quantitative estimate of drug-likeness (QED) is 0.738. The van der Waals surface area contributed by atoms with Crippen LogP contribution < -0.4 is 5.73 Å². The maximum absolute atomic E-state index is 10.6. The molecular weight excluding hydrogens is 186 g/mol. The van der Waals surface area contributed by atoms with Crippen LogP contribution in [0.2, 0.25) is 0 Å². The van der Waals surface area contributed by atoms with E-state index in [1.165, 1.54) is 6.08 Å². The van der Waals surface area contributed by atoms with E-state index in [2.05, 4.69) is 0 Å². The molecule has 2 nitrogen and oxygen atoms in total. The molecular formula is C13H11NO. The number of hydrogen-bond donors (Lipinski definition) is 1.